The zero-order valence-corrected chi connectivity index (χ0v) is 8.24. The molecule has 0 bridgehead atoms. The summed E-state index contributed by atoms with van der Waals surface area (Å²) < 4.78 is 4.44. The molecule has 0 aromatic heterocycles. The Kier molecular flexibility index (Phi) is 5.76. The topological polar surface area (TPSA) is 104 Å². The Labute approximate surface area is 86.8 Å². The van der Waals surface area contributed by atoms with Gasteiger partial charge in [0.25, 0.3) is 0 Å². The number of hydrogen-bond donors (Lipinski definition) is 3. The normalized spacial score (nSPS) is 18.4. The van der Waals surface area contributed by atoms with E-state index in [-0.39, 0.29) is 6.29 Å². The highest BCUT2D eigenvalue weighted by Gasteiger charge is 2.31. The van der Waals surface area contributed by atoms with Crippen LogP contribution < -0.4 is 0 Å². The van der Waals surface area contributed by atoms with Crippen LogP contribution in [0.5, 0.6) is 0 Å². The Bertz CT molecular complexity index is 237. The van der Waals surface area contributed by atoms with E-state index in [9.17, 15) is 19.8 Å². The molecule has 0 aliphatic carbocycles. The quantitative estimate of drug-likeness (QED) is 0.281. The van der Waals surface area contributed by atoms with Crippen molar-refractivity contribution in [2.45, 2.75) is 31.3 Å². The van der Waals surface area contributed by atoms with Gasteiger partial charge in [0.05, 0.1) is 6.10 Å². The van der Waals surface area contributed by atoms with Crippen LogP contribution in [-0.4, -0.2) is 52.0 Å². The SMILES string of the molecule is C=CC(=O)O[C@H](C=O)[C@@H](O)[C@H](O)[C@@H](C)O. The second-order valence-electron chi connectivity index (χ2n) is 2.96. The lowest BCUT2D eigenvalue weighted by Crippen LogP contribution is -2.45. The lowest BCUT2D eigenvalue weighted by atomic mass is 10.1. The van der Waals surface area contributed by atoms with Crippen molar-refractivity contribution in [3.63, 3.8) is 0 Å². The molecule has 0 saturated heterocycles. The lowest BCUT2D eigenvalue weighted by Gasteiger charge is -2.24. The number of carbonyl (C=O) groups is 2. The molecule has 6 nitrogen and oxygen atoms in total. The van der Waals surface area contributed by atoms with E-state index in [1.807, 2.05) is 0 Å². The molecule has 0 aliphatic rings. The smallest absolute Gasteiger partial charge is 0.330 e. The molecule has 6 heteroatoms. The molecule has 3 N–H and O–H groups in total. The summed E-state index contributed by atoms with van der Waals surface area (Å²) in [4.78, 5) is 21.2. The summed E-state index contributed by atoms with van der Waals surface area (Å²) in [7, 11) is 0. The number of esters is 1. The fourth-order valence-corrected chi connectivity index (χ4v) is 0.840. The van der Waals surface area contributed by atoms with E-state index >= 15 is 0 Å². The van der Waals surface area contributed by atoms with Gasteiger partial charge in [-0.3, -0.25) is 4.79 Å². The average Bonchev–Trinajstić information content (AvgIpc) is 2.23. The molecule has 0 heterocycles. The van der Waals surface area contributed by atoms with Gasteiger partial charge < -0.3 is 20.1 Å². The molecule has 0 aromatic rings. The summed E-state index contributed by atoms with van der Waals surface area (Å²) in [6, 6.07) is 0. The molecular weight excluding hydrogens is 204 g/mol. The third kappa shape index (κ3) is 4.20. The van der Waals surface area contributed by atoms with Crippen molar-refractivity contribution in [3.8, 4) is 0 Å². The van der Waals surface area contributed by atoms with Crippen molar-refractivity contribution < 1.29 is 29.6 Å². The zero-order chi connectivity index (χ0) is 12.0. The van der Waals surface area contributed by atoms with Gasteiger partial charge in [0.1, 0.15) is 12.2 Å². The predicted octanol–water partition coefficient (Wildman–Crippen LogP) is -1.61. The van der Waals surface area contributed by atoms with Crippen molar-refractivity contribution in [1.82, 2.24) is 0 Å². The van der Waals surface area contributed by atoms with Crippen LogP contribution in [0.25, 0.3) is 0 Å². The van der Waals surface area contributed by atoms with Crippen LogP contribution in [0, 0.1) is 0 Å². The first kappa shape index (κ1) is 13.8. The maximum atomic E-state index is 10.7. The fraction of sp³-hybridized carbons (Fsp3) is 0.556. The third-order valence-electron chi connectivity index (χ3n) is 1.73. The Hall–Kier alpha value is -1.24. The van der Waals surface area contributed by atoms with E-state index in [1.165, 1.54) is 6.92 Å². The molecular formula is C9H14O6. The van der Waals surface area contributed by atoms with Crippen LogP contribution in [0.1, 0.15) is 6.92 Å². The number of aliphatic hydroxyl groups excluding tert-OH is 3. The molecule has 0 saturated carbocycles. The van der Waals surface area contributed by atoms with Gasteiger partial charge in [0.2, 0.25) is 0 Å². The maximum absolute atomic E-state index is 10.7. The second kappa shape index (κ2) is 6.28. The third-order valence-corrected chi connectivity index (χ3v) is 1.73. The zero-order valence-electron chi connectivity index (χ0n) is 8.24. The molecule has 4 atom stereocenters. The van der Waals surface area contributed by atoms with Crippen molar-refractivity contribution in [2.75, 3.05) is 0 Å². The highest BCUT2D eigenvalue weighted by Crippen LogP contribution is 2.07. The Morgan fingerprint density at radius 3 is 2.20 bits per heavy atom. The van der Waals surface area contributed by atoms with Crippen molar-refractivity contribution >= 4 is 12.3 Å². The highest BCUT2D eigenvalue weighted by molar-refractivity contribution is 5.82. The summed E-state index contributed by atoms with van der Waals surface area (Å²) >= 11 is 0. The monoisotopic (exact) mass is 218 g/mol. The van der Waals surface area contributed by atoms with Crippen LogP contribution in [0.15, 0.2) is 12.7 Å². The van der Waals surface area contributed by atoms with Gasteiger partial charge in [-0.2, -0.15) is 0 Å². The van der Waals surface area contributed by atoms with E-state index in [0.29, 0.717) is 0 Å². The van der Waals surface area contributed by atoms with Gasteiger partial charge >= 0.3 is 5.97 Å². The molecule has 86 valence electrons. The van der Waals surface area contributed by atoms with Crippen LogP contribution in [-0.2, 0) is 14.3 Å². The van der Waals surface area contributed by atoms with Crippen LogP contribution in [0.3, 0.4) is 0 Å². The van der Waals surface area contributed by atoms with Gasteiger partial charge in [-0.1, -0.05) is 6.58 Å². The Morgan fingerprint density at radius 2 is 1.87 bits per heavy atom. The van der Waals surface area contributed by atoms with E-state index < -0.39 is 30.4 Å². The summed E-state index contributed by atoms with van der Waals surface area (Å²) in [5.41, 5.74) is 0. The van der Waals surface area contributed by atoms with E-state index in [4.69, 9.17) is 5.11 Å². The van der Waals surface area contributed by atoms with Gasteiger partial charge in [-0.15, -0.1) is 0 Å². The van der Waals surface area contributed by atoms with Crippen molar-refractivity contribution in [3.05, 3.63) is 12.7 Å². The van der Waals surface area contributed by atoms with E-state index in [2.05, 4.69) is 11.3 Å². The first-order valence-electron chi connectivity index (χ1n) is 4.26. The molecule has 0 radical (unpaired) electrons. The molecule has 0 fully saturated rings. The largest absolute Gasteiger partial charge is 0.449 e. The number of carbonyl (C=O) groups excluding carboxylic acids is 2. The first-order chi connectivity index (χ1) is 6.93. The van der Waals surface area contributed by atoms with Gasteiger partial charge in [-0.25, -0.2) is 4.79 Å². The van der Waals surface area contributed by atoms with Crippen molar-refractivity contribution in [1.29, 1.82) is 0 Å². The highest BCUT2D eigenvalue weighted by atomic mass is 16.6. The molecule has 0 amide bonds. The molecule has 0 aromatic carbocycles. The fourth-order valence-electron chi connectivity index (χ4n) is 0.840. The first-order valence-corrected chi connectivity index (χ1v) is 4.26. The maximum Gasteiger partial charge on any atom is 0.330 e. The summed E-state index contributed by atoms with van der Waals surface area (Å²) in [5, 5.41) is 27.5. The Morgan fingerprint density at radius 1 is 1.33 bits per heavy atom. The minimum Gasteiger partial charge on any atom is -0.449 e. The standard InChI is InChI=1S/C9H14O6/c1-3-7(12)15-6(4-10)9(14)8(13)5(2)11/h3-6,8-9,11,13-14H,1H2,2H3/t5-,6-,8-,9-/m1/s1. The van der Waals surface area contributed by atoms with Crippen LogP contribution in [0.4, 0.5) is 0 Å². The summed E-state index contributed by atoms with van der Waals surface area (Å²) in [5.74, 6) is -0.899. The minimum atomic E-state index is -1.67. The number of ether oxygens (including phenoxy) is 1. The van der Waals surface area contributed by atoms with Gasteiger partial charge in [-0.05, 0) is 6.92 Å². The second-order valence-corrected chi connectivity index (χ2v) is 2.96. The number of aldehydes is 1. The molecule has 15 heavy (non-hydrogen) atoms. The average molecular weight is 218 g/mol. The summed E-state index contributed by atoms with van der Waals surface area (Å²) in [6.07, 6.45) is -5.04. The molecule has 0 unspecified atom stereocenters. The Balaban J connectivity index is 4.46. The predicted molar refractivity (Wildman–Crippen MR) is 49.8 cm³/mol. The van der Waals surface area contributed by atoms with Crippen LogP contribution >= 0.6 is 0 Å². The molecule has 0 aliphatic heterocycles. The van der Waals surface area contributed by atoms with Crippen molar-refractivity contribution in [2.24, 2.45) is 0 Å². The van der Waals surface area contributed by atoms with Crippen LogP contribution in [0.2, 0.25) is 0 Å². The van der Waals surface area contributed by atoms with E-state index in [0.717, 1.165) is 6.08 Å². The molecule has 0 rings (SSSR count). The number of rotatable bonds is 6. The minimum absolute atomic E-state index is 0.164. The van der Waals surface area contributed by atoms with Gasteiger partial charge in [0, 0.05) is 6.08 Å². The summed E-state index contributed by atoms with van der Waals surface area (Å²) in [6.45, 7) is 4.33. The van der Waals surface area contributed by atoms with E-state index in [1.54, 1.807) is 0 Å². The lowest BCUT2D eigenvalue weighted by molar-refractivity contribution is -0.161. The van der Waals surface area contributed by atoms with Gasteiger partial charge in [0.15, 0.2) is 12.4 Å². The molecule has 0 spiro atoms. The number of hydrogen-bond acceptors (Lipinski definition) is 6. The number of aliphatic hydroxyl groups is 3.